The van der Waals surface area contributed by atoms with Gasteiger partial charge in [0, 0.05) is 17.5 Å². The van der Waals surface area contributed by atoms with Crippen LogP contribution in [-0.2, 0) is 6.54 Å². The molecule has 1 nitrogen and oxygen atoms in total. The van der Waals surface area contributed by atoms with E-state index in [4.69, 9.17) is 0 Å². The molecule has 2 rings (SSSR count). The van der Waals surface area contributed by atoms with Gasteiger partial charge in [-0.2, -0.15) is 0 Å². The smallest absolute Gasteiger partial charge is 0.123 e. The molecule has 1 atom stereocenters. The molecule has 0 unspecified atom stereocenters. The summed E-state index contributed by atoms with van der Waals surface area (Å²) in [5.74, 6) is -0.178. The molecule has 3 heteroatoms. The van der Waals surface area contributed by atoms with E-state index in [1.165, 1.54) is 10.9 Å². The predicted octanol–water partition coefficient (Wildman–Crippen LogP) is 3.74. The second kappa shape index (κ2) is 5.23. The number of halogens is 1. The highest BCUT2D eigenvalue weighted by Gasteiger charge is 2.05. The van der Waals surface area contributed by atoms with Crippen LogP contribution in [0.4, 0.5) is 4.39 Å². The summed E-state index contributed by atoms with van der Waals surface area (Å²) in [5.41, 5.74) is 0.975. The van der Waals surface area contributed by atoms with E-state index in [-0.39, 0.29) is 5.82 Å². The van der Waals surface area contributed by atoms with E-state index < -0.39 is 0 Å². The molecule has 0 aliphatic heterocycles. The van der Waals surface area contributed by atoms with Crippen LogP contribution in [0.2, 0.25) is 0 Å². The Labute approximate surface area is 98.9 Å². The van der Waals surface area contributed by atoms with Crippen LogP contribution in [0.15, 0.2) is 41.8 Å². The molecule has 1 N–H and O–H groups in total. The van der Waals surface area contributed by atoms with Crippen LogP contribution in [0.3, 0.4) is 0 Å². The molecule has 1 aromatic heterocycles. The Bertz CT molecular complexity index is 439. The fraction of sp³-hybridized carbons (Fsp3) is 0.231. The molecule has 1 heterocycles. The molecule has 0 spiro atoms. The topological polar surface area (TPSA) is 12.0 Å². The maximum atomic E-state index is 12.9. The van der Waals surface area contributed by atoms with Crippen LogP contribution in [0.5, 0.6) is 0 Å². The van der Waals surface area contributed by atoms with Crippen molar-refractivity contribution >= 4 is 11.3 Å². The molecule has 2 aromatic rings. The normalized spacial score (nSPS) is 12.6. The molecule has 16 heavy (non-hydrogen) atoms. The lowest BCUT2D eigenvalue weighted by Crippen LogP contribution is -2.17. The van der Waals surface area contributed by atoms with Crippen molar-refractivity contribution in [1.82, 2.24) is 5.32 Å². The molecule has 0 amide bonds. The Morgan fingerprint density at radius 3 is 2.88 bits per heavy atom. The summed E-state index contributed by atoms with van der Waals surface area (Å²) < 4.78 is 12.9. The highest BCUT2D eigenvalue weighted by molar-refractivity contribution is 7.10. The van der Waals surface area contributed by atoms with E-state index >= 15 is 0 Å². The fourth-order valence-electron chi connectivity index (χ4n) is 1.56. The van der Waals surface area contributed by atoms with E-state index in [2.05, 4.69) is 23.7 Å². The summed E-state index contributed by atoms with van der Waals surface area (Å²) in [6.45, 7) is 2.81. The number of nitrogens with one attached hydrogen (secondary N) is 1. The van der Waals surface area contributed by atoms with Gasteiger partial charge < -0.3 is 5.32 Å². The monoisotopic (exact) mass is 235 g/mol. The van der Waals surface area contributed by atoms with Gasteiger partial charge in [0.2, 0.25) is 0 Å². The third kappa shape index (κ3) is 2.90. The third-order valence-electron chi connectivity index (χ3n) is 2.47. The summed E-state index contributed by atoms with van der Waals surface area (Å²) >= 11 is 1.73. The van der Waals surface area contributed by atoms with Crippen LogP contribution < -0.4 is 5.32 Å². The number of hydrogen-bond acceptors (Lipinski definition) is 2. The maximum absolute atomic E-state index is 12.9. The average Bonchev–Trinajstić information content (AvgIpc) is 2.79. The summed E-state index contributed by atoms with van der Waals surface area (Å²) in [6.07, 6.45) is 0. The zero-order chi connectivity index (χ0) is 11.4. The van der Waals surface area contributed by atoms with Gasteiger partial charge in [-0.3, -0.25) is 0 Å². The lowest BCUT2D eigenvalue weighted by molar-refractivity contribution is 0.576. The molecule has 0 bridgehead atoms. The lowest BCUT2D eigenvalue weighted by Gasteiger charge is -2.11. The van der Waals surface area contributed by atoms with Crippen molar-refractivity contribution in [3.8, 4) is 0 Å². The van der Waals surface area contributed by atoms with E-state index in [1.807, 2.05) is 12.1 Å². The second-order valence-electron chi connectivity index (χ2n) is 3.75. The van der Waals surface area contributed by atoms with Crippen LogP contribution in [0.1, 0.15) is 23.4 Å². The predicted molar refractivity (Wildman–Crippen MR) is 66.0 cm³/mol. The van der Waals surface area contributed by atoms with Gasteiger partial charge in [-0.25, -0.2) is 4.39 Å². The highest BCUT2D eigenvalue weighted by Crippen LogP contribution is 2.18. The number of thiophene rings is 1. The molecule has 0 aliphatic rings. The minimum absolute atomic E-state index is 0.178. The van der Waals surface area contributed by atoms with Crippen molar-refractivity contribution in [3.05, 3.63) is 58.0 Å². The largest absolute Gasteiger partial charge is 0.305 e. The molecular formula is C13H14FNS. The standard InChI is InChI=1S/C13H14FNS/c1-10(13-6-3-7-16-13)15-9-11-4-2-5-12(14)8-11/h2-8,10,15H,9H2,1H3/t10-/m1/s1. The first-order chi connectivity index (χ1) is 7.75. The molecular weight excluding hydrogens is 221 g/mol. The molecule has 0 saturated carbocycles. The Morgan fingerprint density at radius 1 is 1.31 bits per heavy atom. The van der Waals surface area contributed by atoms with Crippen molar-refractivity contribution in [3.63, 3.8) is 0 Å². The second-order valence-corrected chi connectivity index (χ2v) is 4.73. The number of rotatable bonds is 4. The first-order valence-electron chi connectivity index (χ1n) is 5.27. The van der Waals surface area contributed by atoms with Gasteiger partial charge in [-0.1, -0.05) is 18.2 Å². The van der Waals surface area contributed by atoms with E-state index in [1.54, 1.807) is 23.5 Å². The van der Waals surface area contributed by atoms with Gasteiger partial charge in [0.15, 0.2) is 0 Å². The highest BCUT2D eigenvalue weighted by atomic mass is 32.1. The number of benzene rings is 1. The van der Waals surface area contributed by atoms with Crippen molar-refractivity contribution in [2.24, 2.45) is 0 Å². The van der Waals surface area contributed by atoms with E-state index in [0.717, 1.165) is 5.56 Å². The maximum Gasteiger partial charge on any atom is 0.123 e. The van der Waals surface area contributed by atoms with Gasteiger partial charge >= 0.3 is 0 Å². The van der Waals surface area contributed by atoms with Crippen LogP contribution in [-0.4, -0.2) is 0 Å². The summed E-state index contributed by atoms with van der Waals surface area (Å²) in [4.78, 5) is 1.30. The van der Waals surface area contributed by atoms with Crippen molar-refractivity contribution in [2.75, 3.05) is 0 Å². The SMILES string of the molecule is C[C@@H](NCc1cccc(F)c1)c1cccs1. The van der Waals surface area contributed by atoms with Gasteiger partial charge in [0.05, 0.1) is 0 Å². The summed E-state index contributed by atoms with van der Waals surface area (Å²) in [6, 6.07) is 11.1. The number of hydrogen-bond donors (Lipinski definition) is 1. The quantitative estimate of drug-likeness (QED) is 0.851. The lowest BCUT2D eigenvalue weighted by atomic mass is 10.2. The molecule has 0 saturated heterocycles. The molecule has 0 fully saturated rings. The van der Waals surface area contributed by atoms with Crippen molar-refractivity contribution in [1.29, 1.82) is 0 Å². The van der Waals surface area contributed by atoms with Gasteiger partial charge in [-0.05, 0) is 36.1 Å². The van der Waals surface area contributed by atoms with E-state index in [0.29, 0.717) is 12.6 Å². The van der Waals surface area contributed by atoms with E-state index in [9.17, 15) is 4.39 Å². The fourth-order valence-corrected chi connectivity index (χ4v) is 2.31. The molecule has 1 aromatic carbocycles. The van der Waals surface area contributed by atoms with Crippen LogP contribution in [0, 0.1) is 5.82 Å². The Hall–Kier alpha value is -1.19. The minimum atomic E-state index is -0.178. The van der Waals surface area contributed by atoms with Crippen LogP contribution in [0.25, 0.3) is 0 Å². The first kappa shape index (κ1) is 11.3. The van der Waals surface area contributed by atoms with Crippen LogP contribution >= 0.6 is 11.3 Å². The molecule has 0 radical (unpaired) electrons. The van der Waals surface area contributed by atoms with Gasteiger partial charge in [0.1, 0.15) is 5.82 Å². The average molecular weight is 235 g/mol. The Morgan fingerprint density at radius 2 is 2.19 bits per heavy atom. The Kier molecular flexibility index (Phi) is 3.70. The minimum Gasteiger partial charge on any atom is -0.305 e. The van der Waals surface area contributed by atoms with Crippen molar-refractivity contribution in [2.45, 2.75) is 19.5 Å². The molecule has 0 aliphatic carbocycles. The first-order valence-corrected chi connectivity index (χ1v) is 6.15. The zero-order valence-corrected chi connectivity index (χ0v) is 9.93. The van der Waals surface area contributed by atoms with Crippen molar-refractivity contribution < 1.29 is 4.39 Å². The summed E-state index contributed by atoms with van der Waals surface area (Å²) in [5, 5.41) is 5.44. The third-order valence-corrected chi connectivity index (χ3v) is 3.53. The zero-order valence-electron chi connectivity index (χ0n) is 9.11. The van der Waals surface area contributed by atoms with Gasteiger partial charge in [-0.15, -0.1) is 11.3 Å². The molecule has 84 valence electrons. The van der Waals surface area contributed by atoms with Gasteiger partial charge in [0.25, 0.3) is 0 Å². The summed E-state index contributed by atoms with van der Waals surface area (Å²) in [7, 11) is 0. The Balaban J connectivity index is 1.92.